The molecule has 2 aromatic heterocycles. The summed E-state index contributed by atoms with van der Waals surface area (Å²) in [6.07, 6.45) is 5.19. The lowest BCUT2D eigenvalue weighted by Gasteiger charge is -2.30. The molecule has 4 rings (SSSR count). The Bertz CT molecular complexity index is 1190. The van der Waals surface area contributed by atoms with Crippen molar-refractivity contribution in [2.75, 3.05) is 11.9 Å². The molecule has 30 heavy (non-hydrogen) atoms. The highest BCUT2D eigenvalue weighted by atomic mass is 16.2. The van der Waals surface area contributed by atoms with E-state index in [9.17, 15) is 24.0 Å². The van der Waals surface area contributed by atoms with E-state index in [-0.39, 0.29) is 22.6 Å². The number of aromatic nitrogens is 3. The highest BCUT2D eigenvalue weighted by Gasteiger charge is 2.51. The van der Waals surface area contributed by atoms with E-state index >= 15 is 0 Å². The Morgan fingerprint density at radius 2 is 1.83 bits per heavy atom. The van der Waals surface area contributed by atoms with Crippen LogP contribution in [-0.4, -0.2) is 48.9 Å². The number of rotatable bonds is 3. The Morgan fingerprint density at radius 3 is 2.53 bits per heavy atom. The van der Waals surface area contributed by atoms with Crippen LogP contribution in [0.25, 0.3) is 11.0 Å². The zero-order chi connectivity index (χ0) is 21.6. The smallest absolute Gasteiger partial charge is 0.323 e. The predicted octanol–water partition coefficient (Wildman–Crippen LogP) is -0.175. The molecule has 0 atom stereocenters. The first-order valence-corrected chi connectivity index (χ1v) is 9.73. The summed E-state index contributed by atoms with van der Waals surface area (Å²) in [7, 11) is 2.85. The molecule has 11 nitrogen and oxygen atoms in total. The van der Waals surface area contributed by atoms with Gasteiger partial charge in [0.1, 0.15) is 17.7 Å². The van der Waals surface area contributed by atoms with Gasteiger partial charge in [-0.15, -0.1) is 0 Å². The van der Waals surface area contributed by atoms with Gasteiger partial charge in [-0.1, -0.05) is 19.3 Å². The number of amides is 4. The molecule has 1 aliphatic carbocycles. The van der Waals surface area contributed by atoms with Crippen molar-refractivity contribution >= 4 is 34.6 Å². The van der Waals surface area contributed by atoms with Gasteiger partial charge >= 0.3 is 11.7 Å². The van der Waals surface area contributed by atoms with Crippen molar-refractivity contribution in [2.45, 2.75) is 37.6 Å². The van der Waals surface area contributed by atoms with Crippen LogP contribution in [0.3, 0.4) is 0 Å². The van der Waals surface area contributed by atoms with Gasteiger partial charge in [0.25, 0.3) is 11.5 Å². The summed E-state index contributed by atoms with van der Waals surface area (Å²) >= 11 is 0. The topological polar surface area (TPSA) is 135 Å². The van der Waals surface area contributed by atoms with Crippen LogP contribution >= 0.6 is 0 Å². The Morgan fingerprint density at radius 1 is 1.13 bits per heavy atom. The third-order valence-corrected chi connectivity index (χ3v) is 5.83. The van der Waals surface area contributed by atoms with Crippen LogP contribution < -0.4 is 21.9 Å². The Hall–Kier alpha value is -3.50. The quantitative estimate of drug-likeness (QED) is 0.669. The first-order chi connectivity index (χ1) is 14.2. The molecule has 11 heteroatoms. The van der Waals surface area contributed by atoms with E-state index in [1.807, 2.05) is 0 Å². The maximum absolute atomic E-state index is 12.8. The van der Waals surface area contributed by atoms with Gasteiger partial charge in [0, 0.05) is 14.1 Å². The van der Waals surface area contributed by atoms with Crippen LogP contribution in [0, 0.1) is 0 Å². The molecule has 0 radical (unpaired) electrons. The molecule has 0 aromatic carbocycles. The average Bonchev–Trinajstić information content (AvgIpc) is 2.95. The fraction of sp³-hybridized carbons (Fsp3) is 0.474. The maximum atomic E-state index is 12.8. The van der Waals surface area contributed by atoms with Crippen molar-refractivity contribution in [1.29, 1.82) is 0 Å². The van der Waals surface area contributed by atoms with Crippen molar-refractivity contribution in [3.8, 4) is 0 Å². The summed E-state index contributed by atoms with van der Waals surface area (Å²) in [6.45, 7) is -0.435. The number of hydrogen-bond donors (Lipinski definition) is 2. The third kappa shape index (κ3) is 3.06. The van der Waals surface area contributed by atoms with Crippen molar-refractivity contribution in [3.05, 3.63) is 33.1 Å². The van der Waals surface area contributed by atoms with Gasteiger partial charge in [-0.25, -0.2) is 14.6 Å². The first kappa shape index (κ1) is 19.8. The fourth-order valence-electron chi connectivity index (χ4n) is 4.19. The van der Waals surface area contributed by atoms with Crippen LogP contribution in [0.4, 0.5) is 10.5 Å². The zero-order valence-electron chi connectivity index (χ0n) is 16.7. The number of nitrogens with zero attached hydrogens (tertiary/aromatic N) is 4. The van der Waals surface area contributed by atoms with Crippen molar-refractivity contribution in [3.63, 3.8) is 0 Å². The summed E-state index contributed by atoms with van der Waals surface area (Å²) in [5.74, 6) is -0.961. The van der Waals surface area contributed by atoms with E-state index < -0.39 is 35.3 Å². The zero-order valence-corrected chi connectivity index (χ0v) is 16.7. The molecule has 2 N–H and O–H groups in total. The molecule has 4 amide bonds. The van der Waals surface area contributed by atoms with Crippen LogP contribution in [0.2, 0.25) is 0 Å². The molecule has 2 aliphatic rings. The number of anilines is 1. The number of imide groups is 1. The molecule has 2 fully saturated rings. The van der Waals surface area contributed by atoms with Crippen molar-refractivity contribution in [2.24, 2.45) is 14.1 Å². The first-order valence-electron chi connectivity index (χ1n) is 9.73. The van der Waals surface area contributed by atoms with E-state index in [4.69, 9.17) is 0 Å². The van der Waals surface area contributed by atoms with Crippen molar-refractivity contribution < 1.29 is 14.4 Å². The lowest BCUT2D eigenvalue weighted by molar-refractivity contribution is -0.134. The van der Waals surface area contributed by atoms with Gasteiger partial charge in [-0.2, -0.15) is 0 Å². The summed E-state index contributed by atoms with van der Waals surface area (Å²) in [5, 5.41) is 5.48. The number of fused-ring (bicyclic) bond motifs is 1. The molecule has 158 valence electrons. The van der Waals surface area contributed by atoms with Crippen LogP contribution in [0.5, 0.6) is 0 Å². The highest BCUT2D eigenvalue weighted by molar-refractivity contribution is 6.10. The SMILES string of the molecule is Cn1c(=O)c2cc(NC(=O)CN3C(=O)NC4(CCCCC4)C3=O)cnc2n(C)c1=O. The van der Waals surface area contributed by atoms with Gasteiger partial charge in [0.15, 0.2) is 0 Å². The second-order valence-electron chi connectivity index (χ2n) is 7.81. The monoisotopic (exact) mass is 414 g/mol. The predicted molar refractivity (Wildman–Crippen MR) is 107 cm³/mol. The second-order valence-corrected chi connectivity index (χ2v) is 7.81. The van der Waals surface area contributed by atoms with Gasteiger partial charge < -0.3 is 10.6 Å². The van der Waals surface area contributed by atoms with Gasteiger partial charge in [0.2, 0.25) is 5.91 Å². The minimum Gasteiger partial charge on any atom is -0.323 e. The fourth-order valence-corrected chi connectivity index (χ4v) is 4.19. The molecule has 1 saturated carbocycles. The van der Waals surface area contributed by atoms with Crippen LogP contribution in [-0.2, 0) is 23.7 Å². The number of nitrogens with one attached hydrogen (secondary N) is 2. The molecule has 1 spiro atoms. The number of pyridine rings is 1. The molecular formula is C19H22N6O5. The summed E-state index contributed by atoms with van der Waals surface area (Å²) in [6, 6.07) is 0.841. The van der Waals surface area contributed by atoms with Crippen LogP contribution in [0.15, 0.2) is 21.9 Å². The Labute approximate surface area is 170 Å². The Balaban J connectivity index is 1.54. The molecular weight excluding hydrogens is 392 g/mol. The number of carbonyl (C=O) groups is 3. The molecule has 0 unspecified atom stereocenters. The van der Waals surface area contributed by atoms with E-state index in [1.54, 1.807) is 0 Å². The molecule has 1 saturated heterocycles. The molecule has 3 heterocycles. The number of carbonyl (C=O) groups excluding carboxylic acids is 3. The van der Waals surface area contributed by atoms with E-state index in [0.29, 0.717) is 12.8 Å². The summed E-state index contributed by atoms with van der Waals surface area (Å²) in [5.41, 5.74) is -1.52. The standard InChI is InChI=1S/C19H22N6O5/c1-23-14-12(15(27)24(2)18(23)30)8-11(9-20-14)21-13(26)10-25-16(28)19(22-17(25)29)6-4-3-5-7-19/h8-9H,3-7,10H2,1-2H3,(H,21,26)(H,22,29). The number of hydrogen-bond acceptors (Lipinski definition) is 6. The van der Waals surface area contributed by atoms with Gasteiger partial charge in [-0.05, 0) is 18.9 Å². The maximum Gasteiger partial charge on any atom is 0.332 e. The number of aryl methyl sites for hydroxylation is 1. The minimum atomic E-state index is -0.892. The molecule has 1 aliphatic heterocycles. The highest BCUT2D eigenvalue weighted by Crippen LogP contribution is 2.33. The van der Waals surface area contributed by atoms with E-state index in [2.05, 4.69) is 15.6 Å². The number of urea groups is 1. The lowest BCUT2D eigenvalue weighted by atomic mass is 9.82. The Kier molecular flexibility index (Phi) is 4.67. The van der Waals surface area contributed by atoms with Gasteiger partial charge in [-0.3, -0.25) is 28.4 Å². The molecule has 0 bridgehead atoms. The van der Waals surface area contributed by atoms with E-state index in [0.717, 1.165) is 28.7 Å². The van der Waals surface area contributed by atoms with Crippen LogP contribution in [0.1, 0.15) is 32.1 Å². The summed E-state index contributed by atoms with van der Waals surface area (Å²) < 4.78 is 2.19. The molecule has 2 aromatic rings. The van der Waals surface area contributed by atoms with Gasteiger partial charge in [0.05, 0.1) is 17.3 Å². The average molecular weight is 414 g/mol. The van der Waals surface area contributed by atoms with E-state index in [1.165, 1.54) is 30.9 Å². The third-order valence-electron chi connectivity index (χ3n) is 5.83. The lowest BCUT2D eigenvalue weighted by Crippen LogP contribution is -2.48. The summed E-state index contributed by atoms with van der Waals surface area (Å²) in [4.78, 5) is 67.0. The second kappa shape index (κ2) is 7.08. The largest absolute Gasteiger partial charge is 0.332 e. The normalized spacial score (nSPS) is 18.1. The van der Waals surface area contributed by atoms with Crippen molar-refractivity contribution in [1.82, 2.24) is 24.3 Å². The minimum absolute atomic E-state index is 0.161.